The molecule has 0 fully saturated rings. The van der Waals surface area contributed by atoms with E-state index in [-0.39, 0.29) is 12.2 Å². The van der Waals surface area contributed by atoms with Gasteiger partial charge in [-0.25, -0.2) is 4.39 Å². The Morgan fingerprint density at radius 3 is 2.62 bits per heavy atom. The van der Waals surface area contributed by atoms with Gasteiger partial charge in [0.25, 0.3) is 0 Å². The highest BCUT2D eigenvalue weighted by Crippen LogP contribution is 2.16. The van der Waals surface area contributed by atoms with Gasteiger partial charge in [0.15, 0.2) is 0 Å². The Morgan fingerprint density at radius 2 is 2.08 bits per heavy atom. The maximum atomic E-state index is 13.2. The van der Waals surface area contributed by atoms with Crippen LogP contribution in [0.3, 0.4) is 0 Å². The summed E-state index contributed by atoms with van der Waals surface area (Å²) in [6, 6.07) is 3.25. The molecule has 13 heavy (non-hydrogen) atoms. The largest absolute Gasteiger partial charge is 0.481 e. The Kier molecular flexibility index (Phi) is 2.66. The molecule has 2 nitrogen and oxygen atoms in total. The molecule has 0 aliphatic rings. The molecule has 0 radical (unpaired) electrons. The van der Waals surface area contributed by atoms with Crippen LogP contribution in [-0.4, -0.2) is 11.1 Å². The van der Waals surface area contributed by atoms with Gasteiger partial charge in [-0.15, -0.1) is 0 Å². The van der Waals surface area contributed by atoms with E-state index >= 15 is 0 Å². The number of carbonyl (C=O) groups is 1. The van der Waals surface area contributed by atoms with Crippen molar-refractivity contribution in [3.63, 3.8) is 0 Å². The zero-order chi connectivity index (χ0) is 10.0. The first-order chi connectivity index (χ1) is 6.02. The van der Waals surface area contributed by atoms with Gasteiger partial charge in [0, 0.05) is 0 Å². The first-order valence-corrected chi connectivity index (χ1v) is 3.98. The fourth-order valence-corrected chi connectivity index (χ4v) is 1.21. The van der Waals surface area contributed by atoms with Crippen molar-refractivity contribution in [2.45, 2.75) is 20.3 Å². The number of aryl methyl sites for hydroxylation is 1. The van der Waals surface area contributed by atoms with Gasteiger partial charge < -0.3 is 5.11 Å². The number of rotatable bonds is 2. The molecular weight excluding hydrogens is 171 g/mol. The molecule has 70 valence electrons. The van der Waals surface area contributed by atoms with Crippen LogP contribution in [0.1, 0.15) is 16.7 Å². The van der Waals surface area contributed by atoms with E-state index in [1.807, 2.05) is 0 Å². The number of hydrogen-bond donors (Lipinski definition) is 1. The molecule has 3 heteroatoms. The first-order valence-electron chi connectivity index (χ1n) is 3.98. The minimum absolute atomic E-state index is 0.122. The van der Waals surface area contributed by atoms with Gasteiger partial charge in [-0.3, -0.25) is 4.79 Å². The molecule has 0 unspecified atom stereocenters. The van der Waals surface area contributed by atoms with Crippen LogP contribution < -0.4 is 0 Å². The Balaban J connectivity index is 3.10. The summed E-state index contributed by atoms with van der Waals surface area (Å²) in [4.78, 5) is 10.4. The number of halogens is 1. The van der Waals surface area contributed by atoms with Gasteiger partial charge in [0.2, 0.25) is 0 Å². The molecule has 0 saturated heterocycles. The van der Waals surface area contributed by atoms with E-state index in [9.17, 15) is 9.18 Å². The molecule has 0 atom stereocenters. The second-order valence-electron chi connectivity index (χ2n) is 3.05. The van der Waals surface area contributed by atoms with Crippen molar-refractivity contribution in [3.05, 3.63) is 34.6 Å². The summed E-state index contributed by atoms with van der Waals surface area (Å²) in [6.07, 6.45) is -0.122. The van der Waals surface area contributed by atoms with Gasteiger partial charge in [-0.2, -0.15) is 0 Å². The Morgan fingerprint density at radius 1 is 1.46 bits per heavy atom. The molecule has 0 amide bonds. The van der Waals surface area contributed by atoms with E-state index in [1.165, 1.54) is 0 Å². The zero-order valence-electron chi connectivity index (χ0n) is 7.60. The van der Waals surface area contributed by atoms with Crippen LogP contribution in [-0.2, 0) is 11.2 Å². The molecular formula is C10H11FO2. The lowest BCUT2D eigenvalue weighted by atomic mass is 10.0. The van der Waals surface area contributed by atoms with Crippen molar-refractivity contribution < 1.29 is 14.3 Å². The Hall–Kier alpha value is -1.38. The normalized spacial score (nSPS) is 10.1. The van der Waals surface area contributed by atoms with Gasteiger partial charge in [-0.05, 0) is 30.5 Å². The van der Waals surface area contributed by atoms with Gasteiger partial charge in [0.1, 0.15) is 5.82 Å². The smallest absolute Gasteiger partial charge is 0.307 e. The van der Waals surface area contributed by atoms with Crippen LogP contribution >= 0.6 is 0 Å². The minimum Gasteiger partial charge on any atom is -0.481 e. The SMILES string of the molecule is Cc1ccc(CC(=O)O)c(C)c1F. The highest BCUT2D eigenvalue weighted by Gasteiger charge is 2.09. The van der Waals surface area contributed by atoms with Crippen LogP contribution in [0.25, 0.3) is 0 Å². The number of carboxylic acids is 1. The van der Waals surface area contributed by atoms with Gasteiger partial charge >= 0.3 is 5.97 Å². The molecule has 0 aliphatic heterocycles. The van der Waals surface area contributed by atoms with Crippen LogP contribution in [0.15, 0.2) is 12.1 Å². The van der Waals surface area contributed by atoms with Crippen molar-refractivity contribution in [2.75, 3.05) is 0 Å². The zero-order valence-corrected chi connectivity index (χ0v) is 7.60. The predicted molar refractivity (Wildman–Crippen MR) is 47.2 cm³/mol. The van der Waals surface area contributed by atoms with Crippen LogP contribution in [0.2, 0.25) is 0 Å². The summed E-state index contributed by atoms with van der Waals surface area (Å²) in [7, 11) is 0. The molecule has 0 heterocycles. The molecule has 1 aromatic carbocycles. The summed E-state index contributed by atoms with van der Waals surface area (Å²) >= 11 is 0. The summed E-state index contributed by atoms with van der Waals surface area (Å²) in [5.74, 6) is -1.25. The lowest BCUT2D eigenvalue weighted by Crippen LogP contribution is -2.03. The monoisotopic (exact) mass is 182 g/mol. The lowest BCUT2D eigenvalue weighted by Gasteiger charge is -2.05. The number of carboxylic acid groups (broad SMARTS) is 1. The number of hydrogen-bond acceptors (Lipinski definition) is 1. The average molecular weight is 182 g/mol. The first kappa shape index (κ1) is 9.71. The molecule has 1 rings (SSSR count). The molecule has 0 spiro atoms. The fourth-order valence-electron chi connectivity index (χ4n) is 1.21. The van der Waals surface area contributed by atoms with Crippen molar-refractivity contribution in [2.24, 2.45) is 0 Å². The standard InChI is InChI=1S/C10H11FO2/c1-6-3-4-8(5-9(12)13)7(2)10(6)11/h3-4H,5H2,1-2H3,(H,12,13). The maximum absolute atomic E-state index is 13.2. The Labute approximate surface area is 76.0 Å². The van der Waals surface area contributed by atoms with E-state index in [1.54, 1.807) is 26.0 Å². The third kappa shape index (κ3) is 2.05. The summed E-state index contributed by atoms with van der Waals surface area (Å²) in [5.41, 5.74) is 1.52. The van der Waals surface area contributed by atoms with Crippen molar-refractivity contribution in [1.82, 2.24) is 0 Å². The van der Waals surface area contributed by atoms with Crippen LogP contribution in [0, 0.1) is 19.7 Å². The second kappa shape index (κ2) is 3.56. The third-order valence-corrected chi connectivity index (χ3v) is 2.03. The number of aliphatic carboxylic acids is 1. The second-order valence-corrected chi connectivity index (χ2v) is 3.05. The van der Waals surface area contributed by atoms with Crippen LogP contribution in [0.4, 0.5) is 4.39 Å². The molecule has 0 aromatic heterocycles. The summed E-state index contributed by atoms with van der Waals surface area (Å²) in [6.45, 7) is 3.26. The highest BCUT2D eigenvalue weighted by molar-refractivity contribution is 5.70. The molecule has 0 aliphatic carbocycles. The fraction of sp³-hybridized carbons (Fsp3) is 0.300. The van der Waals surface area contributed by atoms with Gasteiger partial charge in [0.05, 0.1) is 6.42 Å². The maximum Gasteiger partial charge on any atom is 0.307 e. The van der Waals surface area contributed by atoms with E-state index < -0.39 is 5.97 Å². The lowest BCUT2D eigenvalue weighted by molar-refractivity contribution is -0.136. The van der Waals surface area contributed by atoms with E-state index in [0.717, 1.165) is 0 Å². The highest BCUT2D eigenvalue weighted by atomic mass is 19.1. The molecule has 1 aromatic rings. The minimum atomic E-state index is -0.939. The number of benzene rings is 1. The van der Waals surface area contributed by atoms with E-state index in [0.29, 0.717) is 16.7 Å². The quantitative estimate of drug-likeness (QED) is 0.760. The topological polar surface area (TPSA) is 37.3 Å². The molecule has 1 N–H and O–H groups in total. The molecule has 0 saturated carbocycles. The predicted octanol–water partition coefficient (Wildman–Crippen LogP) is 2.07. The van der Waals surface area contributed by atoms with Crippen molar-refractivity contribution >= 4 is 5.97 Å². The third-order valence-electron chi connectivity index (χ3n) is 2.03. The van der Waals surface area contributed by atoms with Crippen molar-refractivity contribution in [1.29, 1.82) is 0 Å². The van der Waals surface area contributed by atoms with Gasteiger partial charge in [-0.1, -0.05) is 12.1 Å². The van der Waals surface area contributed by atoms with E-state index in [2.05, 4.69) is 0 Å². The average Bonchev–Trinajstić information content (AvgIpc) is 2.06. The van der Waals surface area contributed by atoms with Crippen molar-refractivity contribution in [3.8, 4) is 0 Å². The molecule has 0 bridgehead atoms. The summed E-state index contributed by atoms with van der Waals surface area (Å²) < 4.78 is 13.2. The summed E-state index contributed by atoms with van der Waals surface area (Å²) in [5, 5.41) is 8.53. The van der Waals surface area contributed by atoms with E-state index in [4.69, 9.17) is 5.11 Å². The Bertz CT molecular complexity index is 345. The van der Waals surface area contributed by atoms with Crippen LogP contribution in [0.5, 0.6) is 0 Å².